The average Bonchev–Trinajstić information content (AvgIpc) is 3.85. The summed E-state index contributed by atoms with van der Waals surface area (Å²) in [5.74, 6) is 0.213. The number of ether oxygens (including phenoxy) is 4. The van der Waals surface area contributed by atoms with Crippen molar-refractivity contribution < 1.29 is 28.5 Å². The molecule has 0 aliphatic carbocycles. The number of methoxy groups -OCH3 is 1. The minimum Gasteiger partial charge on any atom is -0.494 e. The SMILES string of the molecule is CCOC(=O)c1cc2cc(C)cc(N3C[C@@H](C)n4c(c(CCCOc5cc(C)c(Cl)c(C)c5)c5ccc(Cl)c(-c6c(C)nn(COCC[Si](C)(C)C)c6C)c54)C3=O)c2n1CCOC. The van der Waals surface area contributed by atoms with E-state index in [2.05, 4.69) is 44.1 Å². The lowest BCUT2D eigenvalue weighted by molar-refractivity contribution is 0.0512. The maximum atomic E-state index is 15.6. The summed E-state index contributed by atoms with van der Waals surface area (Å²) < 4.78 is 29.6. The van der Waals surface area contributed by atoms with E-state index in [9.17, 15) is 4.79 Å². The highest BCUT2D eigenvalue weighted by molar-refractivity contribution is 6.76. The van der Waals surface area contributed by atoms with Gasteiger partial charge < -0.3 is 33.0 Å². The van der Waals surface area contributed by atoms with Gasteiger partial charge in [-0.15, -0.1) is 0 Å². The summed E-state index contributed by atoms with van der Waals surface area (Å²) in [7, 11) is 0.368. The van der Waals surface area contributed by atoms with Gasteiger partial charge >= 0.3 is 5.97 Å². The summed E-state index contributed by atoms with van der Waals surface area (Å²) in [6.07, 6.45) is 1.22. The van der Waals surface area contributed by atoms with Crippen molar-refractivity contribution in [3.8, 4) is 16.9 Å². The number of rotatable bonds is 17. The largest absolute Gasteiger partial charge is 0.494 e. The number of fused-ring (bicyclic) bond motifs is 4. The van der Waals surface area contributed by atoms with Gasteiger partial charge in [-0.1, -0.05) is 48.9 Å². The van der Waals surface area contributed by atoms with E-state index in [0.717, 1.165) is 89.1 Å². The predicted octanol–water partition coefficient (Wildman–Crippen LogP) is 11.7. The fraction of sp³-hybridized carbons (Fsp3) is 0.449. The molecule has 11 nitrogen and oxygen atoms in total. The van der Waals surface area contributed by atoms with Crippen molar-refractivity contribution in [2.24, 2.45) is 0 Å². The van der Waals surface area contributed by atoms with Crippen LogP contribution in [0.2, 0.25) is 35.7 Å². The van der Waals surface area contributed by atoms with Crippen molar-refractivity contribution in [3.63, 3.8) is 0 Å². The normalized spacial score (nSPS) is 14.3. The molecule has 14 heteroatoms. The number of esters is 1. The number of anilines is 1. The van der Waals surface area contributed by atoms with Crippen LogP contribution in [0.5, 0.6) is 5.75 Å². The van der Waals surface area contributed by atoms with E-state index >= 15 is 4.79 Å². The predicted molar refractivity (Wildman–Crippen MR) is 257 cm³/mol. The van der Waals surface area contributed by atoms with Gasteiger partial charge in [-0.25, -0.2) is 9.48 Å². The fourth-order valence-electron chi connectivity index (χ4n) is 9.05. The second-order valence-corrected chi connectivity index (χ2v) is 24.5. The van der Waals surface area contributed by atoms with Crippen LogP contribution in [0.4, 0.5) is 5.69 Å². The molecule has 0 spiro atoms. The number of benzene rings is 3. The second kappa shape index (κ2) is 18.9. The Hall–Kier alpha value is -4.59. The first-order chi connectivity index (χ1) is 29.9. The van der Waals surface area contributed by atoms with E-state index in [-0.39, 0.29) is 18.6 Å². The molecule has 0 N–H and O–H groups in total. The number of nitrogens with zero attached hydrogens (tertiary/aromatic N) is 5. The van der Waals surface area contributed by atoms with E-state index in [1.54, 1.807) is 14.0 Å². The van der Waals surface area contributed by atoms with Gasteiger partial charge in [0.2, 0.25) is 0 Å². The first kappa shape index (κ1) is 46.4. The molecule has 1 amide bonds. The molecule has 3 aromatic carbocycles. The van der Waals surface area contributed by atoms with Gasteiger partial charge in [-0.3, -0.25) is 4.79 Å². The van der Waals surface area contributed by atoms with Gasteiger partial charge in [-0.2, -0.15) is 5.10 Å². The Kier molecular flexibility index (Phi) is 13.9. The van der Waals surface area contributed by atoms with Crippen molar-refractivity contribution in [1.82, 2.24) is 18.9 Å². The number of hydrogen-bond acceptors (Lipinski definition) is 7. The van der Waals surface area contributed by atoms with Gasteiger partial charge in [0.15, 0.2) is 0 Å². The maximum absolute atomic E-state index is 15.6. The zero-order valence-electron chi connectivity index (χ0n) is 38.6. The van der Waals surface area contributed by atoms with Gasteiger partial charge in [0.25, 0.3) is 5.91 Å². The van der Waals surface area contributed by atoms with E-state index in [4.69, 9.17) is 47.2 Å². The number of carbonyl (C=O) groups excluding carboxylic acids is 2. The lowest BCUT2D eigenvalue weighted by Gasteiger charge is -2.35. The number of aromatic nitrogens is 4. The first-order valence-corrected chi connectivity index (χ1v) is 26.4. The van der Waals surface area contributed by atoms with Gasteiger partial charge in [0.1, 0.15) is 23.9 Å². The summed E-state index contributed by atoms with van der Waals surface area (Å²) in [5.41, 5.74) is 10.8. The molecule has 336 valence electrons. The van der Waals surface area contributed by atoms with Crippen molar-refractivity contribution >= 4 is 70.6 Å². The Morgan fingerprint density at radius 2 is 1.67 bits per heavy atom. The monoisotopic (exact) mass is 913 g/mol. The molecule has 0 bridgehead atoms. The molecular weight excluding hydrogens is 854 g/mol. The van der Waals surface area contributed by atoms with Crippen LogP contribution >= 0.6 is 23.2 Å². The van der Waals surface area contributed by atoms with E-state index < -0.39 is 14.0 Å². The zero-order valence-corrected chi connectivity index (χ0v) is 41.1. The van der Waals surface area contributed by atoms with Crippen molar-refractivity contribution in [1.29, 1.82) is 0 Å². The highest BCUT2D eigenvalue weighted by Crippen LogP contribution is 2.46. The van der Waals surface area contributed by atoms with Crippen LogP contribution in [-0.4, -0.2) is 78.9 Å². The van der Waals surface area contributed by atoms with E-state index in [1.807, 2.05) is 78.2 Å². The first-order valence-electron chi connectivity index (χ1n) is 21.9. The third-order valence-corrected chi connectivity index (χ3v) is 14.7. The van der Waals surface area contributed by atoms with E-state index in [1.165, 1.54) is 0 Å². The second-order valence-electron chi connectivity index (χ2n) is 18.1. The molecule has 0 saturated heterocycles. The standard InChI is InChI=1S/C49H61Cl2N5O6Si/c1-12-61-49(58)41-26-35-22-29(2)23-40(45(35)53(41)17-19-59-8)54-27-32(5)56-46-38(37(47(56)48(54)57)14-13-18-62-36-24-30(3)44(51)31(4)25-36)15-16-39(50)43(46)42-33(6)52-55(34(42)7)28-60-20-21-63(9,10)11/h15-16,22-26,32H,12-14,17-21,27-28H2,1-11H3/t32-/m1/s1. The van der Waals surface area contributed by atoms with Crippen LogP contribution in [0.15, 0.2) is 42.5 Å². The Morgan fingerprint density at radius 3 is 2.35 bits per heavy atom. The number of amides is 1. The van der Waals surface area contributed by atoms with Crippen molar-refractivity contribution in [3.05, 3.63) is 97.5 Å². The summed E-state index contributed by atoms with van der Waals surface area (Å²) in [5, 5.41) is 8.10. The topological polar surface area (TPSA) is 102 Å². The number of halogens is 2. The van der Waals surface area contributed by atoms with Crippen LogP contribution in [0, 0.1) is 34.6 Å². The van der Waals surface area contributed by atoms with Crippen LogP contribution in [-0.2, 0) is 33.9 Å². The zero-order chi connectivity index (χ0) is 45.5. The summed E-state index contributed by atoms with van der Waals surface area (Å²) in [6.45, 7) is 23.9. The molecule has 1 atom stereocenters. The molecule has 0 unspecified atom stereocenters. The molecule has 0 fully saturated rings. The lowest BCUT2D eigenvalue weighted by Crippen LogP contribution is -2.43. The molecule has 4 heterocycles. The average molecular weight is 915 g/mol. The maximum Gasteiger partial charge on any atom is 0.354 e. The van der Waals surface area contributed by atoms with Crippen LogP contribution in [0.3, 0.4) is 0 Å². The number of aryl methyl sites for hydroxylation is 5. The fourth-order valence-corrected chi connectivity index (χ4v) is 10.2. The van der Waals surface area contributed by atoms with Crippen LogP contribution < -0.4 is 9.64 Å². The number of hydrogen-bond donors (Lipinski definition) is 0. The third-order valence-electron chi connectivity index (χ3n) is 12.1. The third kappa shape index (κ3) is 9.20. The minimum atomic E-state index is -1.27. The molecule has 1 aliphatic heterocycles. The van der Waals surface area contributed by atoms with E-state index in [0.29, 0.717) is 68.9 Å². The smallest absolute Gasteiger partial charge is 0.354 e. The molecular formula is C49H61Cl2N5O6Si. The van der Waals surface area contributed by atoms with Crippen molar-refractivity contribution in [2.45, 2.75) is 106 Å². The summed E-state index contributed by atoms with van der Waals surface area (Å²) >= 11 is 13.8. The quantitative estimate of drug-likeness (QED) is 0.0510. The Balaban J connectivity index is 1.37. The van der Waals surface area contributed by atoms with Crippen molar-refractivity contribution in [2.75, 3.05) is 45.0 Å². The molecule has 0 saturated carbocycles. The molecule has 3 aromatic heterocycles. The molecule has 1 aliphatic rings. The lowest BCUT2D eigenvalue weighted by atomic mass is 9.98. The van der Waals surface area contributed by atoms with Gasteiger partial charge in [0, 0.05) is 73.5 Å². The minimum absolute atomic E-state index is 0.129. The Bertz CT molecular complexity index is 2690. The highest BCUT2D eigenvalue weighted by Gasteiger charge is 2.38. The summed E-state index contributed by atoms with van der Waals surface area (Å²) in [4.78, 5) is 30.9. The molecule has 7 rings (SSSR count). The van der Waals surface area contributed by atoms with Gasteiger partial charge in [-0.05, 0) is 126 Å². The Labute approximate surface area is 382 Å². The highest BCUT2D eigenvalue weighted by atomic mass is 35.5. The van der Waals surface area contributed by atoms with Gasteiger partial charge in [0.05, 0.1) is 47.3 Å². The molecule has 6 aromatic rings. The number of carbonyl (C=O) groups is 2. The molecule has 0 radical (unpaired) electrons. The van der Waals surface area contributed by atoms with Crippen LogP contribution in [0.25, 0.3) is 32.9 Å². The molecule has 63 heavy (non-hydrogen) atoms. The Morgan fingerprint density at radius 1 is 0.937 bits per heavy atom. The summed E-state index contributed by atoms with van der Waals surface area (Å²) in [6, 6.07) is 14.8. The van der Waals surface area contributed by atoms with Crippen LogP contribution in [0.1, 0.15) is 80.9 Å².